The van der Waals surface area contributed by atoms with Crippen LogP contribution in [0.2, 0.25) is 0 Å². The minimum Gasteiger partial charge on any atom is -0.497 e. The van der Waals surface area contributed by atoms with Crippen molar-refractivity contribution in [3.05, 3.63) is 71.6 Å². The topological polar surface area (TPSA) is 67.4 Å². The Labute approximate surface area is 132 Å². The fraction of sp³-hybridized carbons (Fsp3) is 0.0588. The van der Waals surface area contributed by atoms with E-state index in [0.29, 0.717) is 16.9 Å². The number of methoxy groups -OCH3 is 1. The number of benzene rings is 2. The Morgan fingerprint density at radius 2 is 1.65 bits per heavy atom. The van der Waals surface area contributed by atoms with Gasteiger partial charge < -0.3 is 4.74 Å². The maximum atomic E-state index is 12.7. The summed E-state index contributed by atoms with van der Waals surface area (Å²) in [5.74, 6) is -0.668. The van der Waals surface area contributed by atoms with Gasteiger partial charge in [0.25, 0.3) is 11.8 Å². The van der Waals surface area contributed by atoms with Gasteiger partial charge in [0.05, 0.1) is 7.11 Å². The molecule has 0 unspecified atom stereocenters. The Kier molecular flexibility index (Phi) is 5.46. The van der Waals surface area contributed by atoms with Crippen molar-refractivity contribution in [3.8, 4) is 5.75 Å². The molecular weight excluding hydrogens is 299 g/mol. The van der Waals surface area contributed by atoms with Gasteiger partial charge in [0.15, 0.2) is 0 Å². The van der Waals surface area contributed by atoms with Gasteiger partial charge in [-0.05, 0) is 48.0 Å². The van der Waals surface area contributed by atoms with Gasteiger partial charge >= 0.3 is 0 Å². The Morgan fingerprint density at radius 1 is 1.00 bits per heavy atom. The van der Waals surface area contributed by atoms with Crippen LogP contribution in [-0.4, -0.2) is 18.9 Å². The van der Waals surface area contributed by atoms with Crippen molar-refractivity contribution in [1.82, 2.24) is 10.9 Å². The molecule has 0 aliphatic carbocycles. The van der Waals surface area contributed by atoms with Crippen LogP contribution in [0.1, 0.15) is 15.9 Å². The molecule has 0 bridgehead atoms. The number of amides is 2. The van der Waals surface area contributed by atoms with Crippen LogP contribution in [0.15, 0.2) is 54.6 Å². The van der Waals surface area contributed by atoms with E-state index in [1.54, 1.807) is 24.3 Å². The van der Waals surface area contributed by atoms with Crippen LogP contribution in [-0.2, 0) is 4.79 Å². The van der Waals surface area contributed by atoms with Gasteiger partial charge in [-0.2, -0.15) is 0 Å². The third-order valence-electron chi connectivity index (χ3n) is 2.95. The lowest BCUT2D eigenvalue weighted by Crippen LogP contribution is -2.40. The molecular formula is C17H15FN2O3. The molecule has 0 aliphatic heterocycles. The molecule has 2 rings (SSSR count). The monoisotopic (exact) mass is 314 g/mol. The van der Waals surface area contributed by atoms with Crippen molar-refractivity contribution in [2.75, 3.05) is 7.11 Å². The molecule has 0 saturated carbocycles. The normalized spacial score (nSPS) is 10.3. The summed E-state index contributed by atoms with van der Waals surface area (Å²) in [5, 5.41) is 0. The number of hydrogen-bond donors (Lipinski definition) is 2. The summed E-state index contributed by atoms with van der Waals surface area (Å²) in [5.41, 5.74) is 5.60. The Hall–Kier alpha value is -3.15. The smallest absolute Gasteiger partial charge is 0.269 e. The van der Waals surface area contributed by atoms with E-state index < -0.39 is 11.8 Å². The second-order valence-corrected chi connectivity index (χ2v) is 4.56. The highest BCUT2D eigenvalue weighted by molar-refractivity contribution is 5.97. The fourth-order valence-corrected chi connectivity index (χ4v) is 1.72. The highest BCUT2D eigenvalue weighted by Crippen LogP contribution is 2.10. The van der Waals surface area contributed by atoms with Gasteiger partial charge in [0.1, 0.15) is 11.6 Å². The lowest BCUT2D eigenvalue weighted by molar-refractivity contribution is -0.117. The van der Waals surface area contributed by atoms with Crippen molar-refractivity contribution in [2.24, 2.45) is 0 Å². The number of ether oxygens (including phenoxy) is 1. The number of nitrogens with one attached hydrogen (secondary N) is 2. The van der Waals surface area contributed by atoms with Gasteiger partial charge in [0, 0.05) is 11.6 Å². The molecule has 2 aromatic carbocycles. The maximum absolute atomic E-state index is 12.7. The van der Waals surface area contributed by atoms with Crippen LogP contribution in [0.4, 0.5) is 4.39 Å². The van der Waals surface area contributed by atoms with Gasteiger partial charge in [-0.3, -0.25) is 20.4 Å². The van der Waals surface area contributed by atoms with Crippen molar-refractivity contribution >= 4 is 17.9 Å². The summed E-state index contributed by atoms with van der Waals surface area (Å²) in [7, 11) is 1.53. The van der Waals surface area contributed by atoms with E-state index in [2.05, 4.69) is 10.9 Å². The fourth-order valence-electron chi connectivity index (χ4n) is 1.72. The summed E-state index contributed by atoms with van der Waals surface area (Å²) in [6, 6.07) is 12.1. The molecule has 0 heterocycles. The van der Waals surface area contributed by atoms with Gasteiger partial charge in [0.2, 0.25) is 0 Å². The molecule has 0 spiro atoms. The molecule has 2 N–H and O–H groups in total. The number of carbonyl (C=O) groups is 2. The number of hydrogen-bond acceptors (Lipinski definition) is 3. The van der Waals surface area contributed by atoms with E-state index in [-0.39, 0.29) is 5.82 Å². The van der Waals surface area contributed by atoms with Crippen LogP contribution in [0.25, 0.3) is 6.08 Å². The summed E-state index contributed by atoms with van der Waals surface area (Å²) in [4.78, 5) is 23.4. The molecule has 0 aromatic heterocycles. The molecule has 0 atom stereocenters. The molecule has 5 nitrogen and oxygen atoms in total. The zero-order valence-corrected chi connectivity index (χ0v) is 12.4. The highest BCUT2D eigenvalue weighted by Gasteiger charge is 2.05. The summed E-state index contributed by atoms with van der Waals surface area (Å²) >= 11 is 0. The Bertz CT molecular complexity index is 710. The van der Waals surface area contributed by atoms with E-state index >= 15 is 0 Å². The van der Waals surface area contributed by atoms with E-state index in [9.17, 15) is 14.0 Å². The van der Waals surface area contributed by atoms with Crippen LogP contribution in [0, 0.1) is 5.82 Å². The molecule has 2 aromatic rings. The lowest BCUT2D eigenvalue weighted by Gasteiger charge is -2.06. The van der Waals surface area contributed by atoms with Gasteiger partial charge in [-0.1, -0.05) is 12.1 Å². The Balaban J connectivity index is 1.85. The predicted molar refractivity (Wildman–Crippen MR) is 84.0 cm³/mol. The number of rotatable bonds is 4. The lowest BCUT2D eigenvalue weighted by atomic mass is 10.2. The van der Waals surface area contributed by atoms with Crippen molar-refractivity contribution in [3.63, 3.8) is 0 Å². The quantitative estimate of drug-likeness (QED) is 0.672. The summed E-state index contributed by atoms with van der Waals surface area (Å²) in [6.45, 7) is 0. The largest absolute Gasteiger partial charge is 0.497 e. The zero-order chi connectivity index (χ0) is 16.7. The number of carbonyl (C=O) groups excluding carboxylic acids is 2. The minimum absolute atomic E-state index is 0.349. The van der Waals surface area contributed by atoms with Gasteiger partial charge in [-0.25, -0.2) is 4.39 Å². The number of hydrazine groups is 1. The first-order valence-electron chi connectivity index (χ1n) is 6.76. The number of halogens is 1. The van der Waals surface area contributed by atoms with Crippen molar-refractivity contribution in [2.45, 2.75) is 0 Å². The van der Waals surface area contributed by atoms with E-state index in [1.807, 2.05) is 0 Å². The summed E-state index contributed by atoms with van der Waals surface area (Å²) < 4.78 is 17.7. The zero-order valence-electron chi connectivity index (χ0n) is 12.4. The second-order valence-electron chi connectivity index (χ2n) is 4.56. The predicted octanol–water partition coefficient (Wildman–Crippen LogP) is 2.31. The van der Waals surface area contributed by atoms with Gasteiger partial charge in [-0.15, -0.1) is 0 Å². The molecule has 0 radical (unpaired) electrons. The SMILES string of the molecule is COc1ccc(C(=O)NNC(=O)C=Cc2ccc(F)cc2)cc1. The average Bonchev–Trinajstić information content (AvgIpc) is 2.59. The van der Waals surface area contributed by atoms with E-state index in [1.165, 1.54) is 43.5 Å². The first-order valence-corrected chi connectivity index (χ1v) is 6.76. The van der Waals surface area contributed by atoms with E-state index in [4.69, 9.17) is 4.74 Å². The molecule has 2 amide bonds. The molecule has 0 saturated heterocycles. The van der Waals surface area contributed by atoms with Crippen LogP contribution < -0.4 is 15.6 Å². The molecule has 23 heavy (non-hydrogen) atoms. The van der Waals surface area contributed by atoms with Crippen molar-refractivity contribution < 1.29 is 18.7 Å². The standard InChI is InChI=1S/C17H15FN2O3/c1-23-15-9-5-13(6-10-15)17(22)20-19-16(21)11-4-12-2-7-14(18)8-3-12/h2-11H,1H3,(H,19,21)(H,20,22). The van der Waals surface area contributed by atoms with Crippen LogP contribution in [0.3, 0.4) is 0 Å². The maximum Gasteiger partial charge on any atom is 0.269 e. The molecule has 118 valence electrons. The van der Waals surface area contributed by atoms with Crippen LogP contribution in [0.5, 0.6) is 5.75 Å². The van der Waals surface area contributed by atoms with Crippen molar-refractivity contribution in [1.29, 1.82) is 0 Å². The van der Waals surface area contributed by atoms with E-state index in [0.717, 1.165) is 0 Å². The average molecular weight is 314 g/mol. The molecule has 0 fully saturated rings. The minimum atomic E-state index is -0.504. The first-order chi connectivity index (χ1) is 11.1. The van der Waals surface area contributed by atoms with Crippen LogP contribution >= 0.6 is 0 Å². The first kappa shape index (κ1) is 16.2. The third-order valence-corrected chi connectivity index (χ3v) is 2.95. The second kappa shape index (κ2) is 7.74. The molecule has 6 heteroatoms. The highest BCUT2D eigenvalue weighted by atomic mass is 19.1. The summed E-state index contributed by atoms with van der Waals surface area (Å²) in [6.07, 6.45) is 2.75. The third kappa shape index (κ3) is 4.96. The Morgan fingerprint density at radius 3 is 2.26 bits per heavy atom. The molecule has 0 aliphatic rings.